The van der Waals surface area contributed by atoms with Crippen LogP contribution in [0.15, 0.2) is 118 Å². The molecule has 1 heterocycles. The Balaban J connectivity index is 1.49. The van der Waals surface area contributed by atoms with Crippen LogP contribution in [0.3, 0.4) is 0 Å². The van der Waals surface area contributed by atoms with Gasteiger partial charge in [0.15, 0.2) is 0 Å². The Labute approximate surface area is 358 Å². The van der Waals surface area contributed by atoms with E-state index in [0.29, 0.717) is 0 Å². The Bertz CT molecular complexity index is 2360. The zero-order valence-corrected chi connectivity index (χ0v) is 38.8. The molecule has 294 valence electrons. The van der Waals surface area contributed by atoms with Crippen LogP contribution in [0.2, 0.25) is 0 Å². The van der Waals surface area contributed by atoms with Crippen LogP contribution in [0.5, 0.6) is 0 Å². The van der Waals surface area contributed by atoms with E-state index >= 15 is 0 Å². The molecule has 0 radical (unpaired) electrons. The van der Waals surface area contributed by atoms with Gasteiger partial charge in [-0.15, -0.1) is 0 Å². The predicted octanol–water partition coefficient (Wildman–Crippen LogP) is 16.9. The first-order chi connectivity index (χ1) is 27.0. The van der Waals surface area contributed by atoms with E-state index in [1.807, 2.05) is 0 Å². The van der Waals surface area contributed by atoms with Gasteiger partial charge in [-0.25, -0.2) is 0 Å². The first-order valence-electron chi connectivity index (χ1n) is 20.4. The maximum absolute atomic E-state index is 3.70. The molecule has 0 saturated carbocycles. The Morgan fingerprint density at radius 2 is 0.807 bits per heavy atom. The van der Waals surface area contributed by atoms with Crippen LogP contribution in [0, 0.1) is 27.7 Å². The average Bonchev–Trinajstić information content (AvgIpc) is 3.45. The number of anilines is 6. The maximum atomic E-state index is 3.70. The summed E-state index contributed by atoms with van der Waals surface area (Å²) in [6.45, 7) is 26.1. The molecule has 0 aliphatic heterocycles. The minimum atomic E-state index is 0.0588. The molecule has 0 unspecified atom stereocenters. The molecule has 0 bridgehead atoms. The molecule has 57 heavy (non-hydrogen) atoms. The largest absolute Gasteiger partial charge is 0.340 e. The van der Waals surface area contributed by atoms with Crippen molar-refractivity contribution in [2.45, 2.75) is 106 Å². The zero-order chi connectivity index (χ0) is 41.0. The number of benzene rings is 6. The van der Waals surface area contributed by atoms with Crippen LogP contribution in [0.1, 0.15) is 94.7 Å². The Hall–Kier alpha value is -4.32. The standard InChI is InChI=1S/C52H57Br2N3/c1-12-13-26-55-47-24-22-43(56(41-18-14-39(53)15-19-41)49-33(2)27-37(28-34(49)3)51(6,7)8)31-45(47)46-32-44(23-25-48(46)55)57(42-20-16-40(54)17-21-42)50-35(4)29-38(30-36(50)5)52(9,10)11/h14-25,27-32H,12-13,26H2,1-11H3. The van der Waals surface area contributed by atoms with E-state index in [0.717, 1.165) is 51.1 Å². The first kappa shape index (κ1) is 40.9. The van der Waals surface area contributed by atoms with Crippen molar-refractivity contribution in [1.82, 2.24) is 4.57 Å². The molecule has 7 aromatic rings. The van der Waals surface area contributed by atoms with Gasteiger partial charge in [-0.2, -0.15) is 0 Å². The molecule has 0 fully saturated rings. The Morgan fingerprint density at radius 3 is 1.12 bits per heavy atom. The quantitative estimate of drug-likeness (QED) is 0.143. The third-order valence-corrected chi connectivity index (χ3v) is 12.5. The number of fused-ring (bicyclic) bond motifs is 3. The van der Waals surface area contributed by atoms with Crippen molar-refractivity contribution < 1.29 is 0 Å². The molecule has 3 nitrogen and oxygen atoms in total. The van der Waals surface area contributed by atoms with Gasteiger partial charge >= 0.3 is 0 Å². The van der Waals surface area contributed by atoms with Gasteiger partial charge in [-0.3, -0.25) is 0 Å². The molecule has 0 amide bonds. The topological polar surface area (TPSA) is 11.4 Å². The van der Waals surface area contributed by atoms with Crippen LogP contribution in [0.25, 0.3) is 21.8 Å². The lowest BCUT2D eigenvalue weighted by atomic mass is 9.84. The summed E-state index contributed by atoms with van der Waals surface area (Å²) < 4.78 is 4.68. The molecule has 0 spiro atoms. The molecular weight excluding hydrogens is 826 g/mol. The molecule has 6 aromatic carbocycles. The van der Waals surface area contributed by atoms with E-state index in [4.69, 9.17) is 0 Å². The monoisotopic (exact) mass is 881 g/mol. The number of unbranched alkanes of at least 4 members (excludes halogenated alkanes) is 1. The molecule has 7 rings (SSSR count). The fraction of sp³-hybridized carbons (Fsp3) is 0.308. The van der Waals surface area contributed by atoms with Gasteiger partial charge in [-0.1, -0.05) is 111 Å². The summed E-state index contributed by atoms with van der Waals surface area (Å²) in [5, 5.41) is 2.52. The molecule has 0 atom stereocenters. The highest BCUT2D eigenvalue weighted by Gasteiger charge is 2.25. The van der Waals surface area contributed by atoms with Crippen molar-refractivity contribution in [2.24, 2.45) is 0 Å². The predicted molar refractivity (Wildman–Crippen MR) is 255 cm³/mol. The Morgan fingerprint density at radius 1 is 0.474 bits per heavy atom. The highest BCUT2D eigenvalue weighted by molar-refractivity contribution is 9.10. The summed E-state index contributed by atoms with van der Waals surface area (Å²) in [4.78, 5) is 4.92. The van der Waals surface area contributed by atoms with Gasteiger partial charge in [0, 0.05) is 60.0 Å². The second-order valence-corrected chi connectivity index (χ2v) is 19.8. The van der Waals surface area contributed by atoms with Crippen LogP contribution in [-0.4, -0.2) is 4.57 Å². The van der Waals surface area contributed by atoms with E-state index < -0.39 is 0 Å². The molecule has 0 aliphatic rings. The van der Waals surface area contributed by atoms with Gasteiger partial charge in [-0.05, 0) is 163 Å². The van der Waals surface area contributed by atoms with E-state index in [2.05, 4.69) is 232 Å². The van der Waals surface area contributed by atoms with Gasteiger partial charge in [0.05, 0.1) is 11.4 Å². The van der Waals surface area contributed by atoms with E-state index in [-0.39, 0.29) is 10.8 Å². The van der Waals surface area contributed by atoms with E-state index in [1.165, 1.54) is 66.6 Å². The highest BCUT2D eigenvalue weighted by Crippen LogP contribution is 2.46. The second kappa shape index (κ2) is 15.8. The summed E-state index contributed by atoms with van der Waals surface area (Å²) in [6, 6.07) is 41.2. The minimum absolute atomic E-state index is 0.0588. The Kier molecular flexibility index (Phi) is 11.3. The number of aryl methyl sites for hydroxylation is 5. The SMILES string of the molecule is CCCCn1c2ccc(N(c3ccc(Br)cc3)c3c(C)cc(C(C)(C)C)cc3C)cc2c2cc(N(c3ccc(Br)cc3)c3c(C)cc(C(C)(C)C)cc3C)ccc21. The summed E-state index contributed by atoms with van der Waals surface area (Å²) in [6.07, 6.45) is 2.26. The van der Waals surface area contributed by atoms with Crippen molar-refractivity contribution in [3.05, 3.63) is 152 Å². The smallest absolute Gasteiger partial charge is 0.0520 e. The average molecular weight is 884 g/mol. The van der Waals surface area contributed by atoms with Crippen molar-refractivity contribution in [3.63, 3.8) is 0 Å². The number of hydrogen-bond donors (Lipinski definition) is 0. The third kappa shape index (κ3) is 8.08. The molecule has 0 saturated heterocycles. The number of aromatic nitrogens is 1. The second-order valence-electron chi connectivity index (χ2n) is 17.9. The van der Waals surface area contributed by atoms with Crippen molar-refractivity contribution >= 4 is 87.8 Å². The van der Waals surface area contributed by atoms with Crippen molar-refractivity contribution in [1.29, 1.82) is 0 Å². The molecule has 0 aliphatic carbocycles. The first-order valence-corrected chi connectivity index (χ1v) is 22.0. The summed E-state index contributed by atoms with van der Waals surface area (Å²) >= 11 is 7.40. The van der Waals surface area contributed by atoms with Crippen LogP contribution >= 0.6 is 31.9 Å². The molecule has 1 aromatic heterocycles. The maximum Gasteiger partial charge on any atom is 0.0520 e. The van der Waals surface area contributed by atoms with Gasteiger partial charge in [0.25, 0.3) is 0 Å². The van der Waals surface area contributed by atoms with E-state index in [9.17, 15) is 0 Å². The lowest BCUT2D eigenvalue weighted by Crippen LogP contribution is -2.16. The van der Waals surface area contributed by atoms with Crippen LogP contribution < -0.4 is 9.80 Å². The lowest BCUT2D eigenvalue weighted by Gasteiger charge is -2.31. The molecule has 0 N–H and O–H groups in total. The van der Waals surface area contributed by atoms with Crippen LogP contribution in [0.4, 0.5) is 34.1 Å². The molecular formula is C52H57Br2N3. The highest BCUT2D eigenvalue weighted by atomic mass is 79.9. The van der Waals surface area contributed by atoms with E-state index in [1.54, 1.807) is 0 Å². The van der Waals surface area contributed by atoms with Gasteiger partial charge in [0.1, 0.15) is 0 Å². The summed E-state index contributed by atoms with van der Waals surface area (Å²) in [5.41, 5.74) is 17.4. The van der Waals surface area contributed by atoms with Crippen molar-refractivity contribution in [3.8, 4) is 0 Å². The third-order valence-electron chi connectivity index (χ3n) is 11.4. The summed E-state index contributed by atoms with van der Waals surface area (Å²) in [7, 11) is 0. The minimum Gasteiger partial charge on any atom is -0.340 e. The van der Waals surface area contributed by atoms with Gasteiger partial charge < -0.3 is 14.4 Å². The van der Waals surface area contributed by atoms with Crippen molar-refractivity contribution in [2.75, 3.05) is 9.80 Å². The number of nitrogens with zero attached hydrogens (tertiary/aromatic N) is 3. The van der Waals surface area contributed by atoms with Gasteiger partial charge in [0.2, 0.25) is 0 Å². The number of hydrogen-bond acceptors (Lipinski definition) is 2. The van der Waals surface area contributed by atoms with Crippen LogP contribution in [-0.2, 0) is 17.4 Å². The fourth-order valence-electron chi connectivity index (χ4n) is 8.39. The molecule has 5 heteroatoms. The number of halogens is 2. The fourth-order valence-corrected chi connectivity index (χ4v) is 8.92. The zero-order valence-electron chi connectivity index (χ0n) is 35.6. The summed E-state index contributed by atoms with van der Waals surface area (Å²) in [5.74, 6) is 0. The normalized spacial score (nSPS) is 12.2. The number of rotatable bonds is 9. The lowest BCUT2D eigenvalue weighted by molar-refractivity contribution is 0.589.